The lowest BCUT2D eigenvalue weighted by Crippen LogP contribution is -2.37. The van der Waals surface area contributed by atoms with Crippen molar-refractivity contribution in [3.8, 4) is 0 Å². The van der Waals surface area contributed by atoms with Gasteiger partial charge in [-0.3, -0.25) is 13.9 Å². The third-order valence-electron chi connectivity index (χ3n) is 5.04. The number of H-pyrrole nitrogens is 1. The zero-order chi connectivity index (χ0) is 19.8. The van der Waals surface area contributed by atoms with Gasteiger partial charge in [-0.15, -0.1) is 0 Å². The van der Waals surface area contributed by atoms with E-state index in [1.807, 2.05) is 62.4 Å². The predicted molar refractivity (Wildman–Crippen MR) is 109 cm³/mol. The monoisotopic (exact) mass is 377 g/mol. The molecule has 2 aromatic heterocycles. The molecule has 0 aliphatic heterocycles. The summed E-state index contributed by atoms with van der Waals surface area (Å²) in [5.41, 5.74) is 3.14. The van der Waals surface area contributed by atoms with Crippen LogP contribution in [-0.2, 0) is 18.4 Å². The minimum Gasteiger partial charge on any atom is -0.344 e. The number of nitrogens with one attached hydrogen (secondary N) is 2. The summed E-state index contributed by atoms with van der Waals surface area (Å²) < 4.78 is 3.06. The maximum atomic E-state index is 12.8. The fraction of sp³-hybridized carbons (Fsp3) is 0.286. The van der Waals surface area contributed by atoms with Gasteiger partial charge in [0.15, 0.2) is 0 Å². The molecular weight excluding hydrogens is 354 g/mol. The summed E-state index contributed by atoms with van der Waals surface area (Å²) >= 11 is 0. The molecule has 0 spiro atoms. The molecule has 0 bridgehead atoms. The minimum absolute atomic E-state index is 0.0381. The Morgan fingerprint density at radius 3 is 2.50 bits per heavy atom. The first-order valence-corrected chi connectivity index (χ1v) is 9.34. The summed E-state index contributed by atoms with van der Waals surface area (Å²) in [6.45, 7) is 4.02. The van der Waals surface area contributed by atoms with Crippen LogP contribution in [0.5, 0.6) is 0 Å². The fourth-order valence-electron chi connectivity index (χ4n) is 3.55. The van der Waals surface area contributed by atoms with Gasteiger partial charge in [0, 0.05) is 7.05 Å². The van der Waals surface area contributed by atoms with E-state index in [-0.39, 0.29) is 30.1 Å². The molecule has 0 saturated heterocycles. The summed E-state index contributed by atoms with van der Waals surface area (Å²) in [5, 5.41) is 3.04. The Bertz CT molecular complexity index is 1180. The average molecular weight is 377 g/mol. The molecule has 28 heavy (non-hydrogen) atoms. The maximum absolute atomic E-state index is 12.8. The van der Waals surface area contributed by atoms with E-state index in [0.29, 0.717) is 0 Å². The third-order valence-corrected chi connectivity index (χ3v) is 5.04. The summed E-state index contributed by atoms with van der Waals surface area (Å²) in [7, 11) is 1.71. The highest BCUT2D eigenvalue weighted by atomic mass is 16.2. The van der Waals surface area contributed by atoms with Crippen LogP contribution in [-0.4, -0.2) is 25.0 Å². The second-order valence-electron chi connectivity index (χ2n) is 7.34. The van der Waals surface area contributed by atoms with E-state index < -0.39 is 0 Å². The number of aryl methyl sites for hydroxylation is 1. The van der Waals surface area contributed by atoms with Crippen LogP contribution in [0.15, 0.2) is 53.3 Å². The van der Waals surface area contributed by atoms with Gasteiger partial charge in [-0.05, 0) is 30.2 Å². The van der Waals surface area contributed by atoms with Crippen LogP contribution in [0, 0.1) is 5.92 Å². The zero-order valence-electron chi connectivity index (χ0n) is 16.1. The lowest BCUT2D eigenvalue weighted by molar-refractivity contribution is -0.122. The Morgan fingerprint density at radius 1 is 1.11 bits per heavy atom. The van der Waals surface area contributed by atoms with Crippen molar-refractivity contribution in [2.75, 3.05) is 0 Å². The standard InChI is InChI=1S/C21H23N5O2/c1-13(2)19(20-22-14-8-4-5-9-15(14)23-20)24-18(27)12-26-17-11-7-6-10-16(17)25(3)21(26)28/h4-11,13,19H,12H2,1-3H3,(H,22,23)(H,24,27)/t19-/m1/s1. The number of imidazole rings is 2. The van der Waals surface area contributed by atoms with E-state index in [1.54, 1.807) is 11.6 Å². The van der Waals surface area contributed by atoms with Crippen LogP contribution in [0.25, 0.3) is 22.1 Å². The van der Waals surface area contributed by atoms with Crippen molar-refractivity contribution in [3.63, 3.8) is 0 Å². The third kappa shape index (κ3) is 3.09. The van der Waals surface area contributed by atoms with Gasteiger partial charge in [0.25, 0.3) is 0 Å². The van der Waals surface area contributed by atoms with Crippen LogP contribution in [0.2, 0.25) is 0 Å². The van der Waals surface area contributed by atoms with Crippen molar-refractivity contribution < 1.29 is 4.79 Å². The Kier molecular flexibility index (Phi) is 4.50. The quantitative estimate of drug-likeness (QED) is 0.561. The van der Waals surface area contributed by atoms with Gasteiger partial charge in [0.2, 0.25) is 5.91 Å². The lowest BCUT2D eigenvalue weighted by Gasteiger charge is -2.20. The molecule has 0 unspecified atom stereocenters. The summed E-state index contributed by atoms with van der Waals surface area (Å²) in [5.74, 6) is 0.626. The van der Waals surface area contributed by atoms with Gasteiger partial charge in [0.1, 0.15) is 12.4 Å². The van der Waals surface area contributed by atoms with Gasteiger partial charge in [-0.1, -0.05) is 38.1 Å². The molecule has 0 fully saturated rings. The van der Waals surface area contributed by atoms with E-state index >= 15 is 0 Å². The molecule has 1 amide bonds. The Labute approximate surface area is 162 Å². The van der Waals surface area contributed by atoms with Crippen molar-refractivity contribution in [1.29, 1.82) is 0 Å². The van der Waals surface area contributed by atoms with Crippen LogP contribution < -0.4 is 11.0 Å². The first kappa shape index (κ1) is 18.0. The number of carbonyl (C=O) groups excluding carboxylic acids is 1. The number of hydrogen-bond acceptors (Lipinski definition) is 3. The number of benzene rings is 2. The van der Waals surface area contributed by atoms with Crippen molar-refractivity contribution >= 4 is 28.0 Å². The molecular formula is C21H23N5O2. The fourth-order valence-corrected chi connectivity index (χ4v) is 3.55. The number of aromatic nitrogens is 4. The number of nitrogens with zero attached hydrogens (tertiary/aromatic N) is 3. The average Bonchev–Trinajstić information content (AvgIpc) is 3.21. The molecule has 4 rings (SSSR count). The Morgan fingerprint density at radius 2 is 1.79 bits per heavy atom. The smallest absolute Gasteiger partial charge is 0.329 e. The Hall–Kier alpha value is -3.35. The highest BCUT2D eigenvalue weighted by Gasteiger charge is 2.23. The summed E-state index contributed by atoms with van der Waals surface area (Å²) in [6.07, 6.45) is 0. The number of para-hydroxylation sites is 4. The predicted octanol–water partition coefficient (Wildman–Crippen LogP) is 2.73. The minimum atomic E-state index is -0.273. The van der Waals surface area contributed by atoms with Gasteiger partial charge in [-0.25, -0.2) is 9.78 Å². The van der Waals surface area contributed by atoms with Gasteiger partial charge in [-0.2, -0.15) is 0 Å². The Balaban J connectivity index is 1.61. The number of aromatic amines is 1. The molecule has 2 heterocycles. The molecule has 2 N–H and O–H groups in total. The van der Waals surface area contributed by atoms with E-state index in [2.05, 4.69) is 15.3 Å². The van der Waals surface area contributed by atoms with E-state index in [0.717, 1.165) is 27.9 Å². The highest BCUT2D eigenvalue weighted by Crippen LogP contribution is 2.22. The number of amides is 1. The second-order valence-corrected chi connectivity index (χ2v) is 7.34. The summed E-state index contributed by atoms with van der Waals surface area (Å²) in [6, 6.07) is 15.0. The molecule has 1 atom stereocenters. The number of fused-ring (bicyclic) bond motifs is 2. The van der Waals surface area contributed by atoms with Crippen LogP contribution in [0.1, 0.15) is 25.7 Å². The topological polar surface area (TPSA) is 84.7 Å². The van der Waals surface area contributed by atoms with Crippen LogP contribution in [0.4, 0.5) is 0 Å². The first-order valence-electron chi connectivity index (χ1n) is 9.34. The lowest BCUT2D eigenvalue weighted by atomic mass is 10.0. The number of carbonyl (C=O) groups is 1. The largest absolute Gasteiger partial charge is 0.344 e. The SMILES string of the molecule is CC(C)[C@@H](NC(=O)Cn1c(=O)n(C)c2ccccc21)c1nc2ccccc2[nH]1. The van der Waals surface area contributed by atoms with Crippen molar-refractivity contribution in [2.45, 2.75) is 26.4 Å². The van der Waals surface area contributed by atoms with Crippen molar-refractivity contribution in [1.82, 2.24) is 24.4 Å². The molecule has 0 saturated carbocycles. The molecule has 2 aromatic carbocycles. The van der Waals surface area contributed by atoms with Gasteiger partial charge >= 0.3 is 5.69 Å². The van der Waals surface area contributed by atoms with Gasteiger partial charge < -0.3 is 10.3 Å². The molecule has 144 valence electrons. The first-order chi connectivity index (χ1) is 13.5. The van der Waals surface area contributed by atoms with Gasteiger partial charge in [0.05, 0.1) is 28.1 Å². The van der Waals surface area contributed by atoms with Crippen molar-refractivity contribution in [3.05, 3.63) is 64.8 Å². The van der Waals surface area contributed by atoms with E-state index in [9.17, 15) is 9.59 Å². The molecule has 0 aliphatic carbocycles. The highest BCUT2D eigenvalue weighted by molar-refractivity contribution is 5.81. The molecule has 7 nitrogen and oxygen atoms in total. The van der Waals surface area contributed by atoms with E-state index in [1.165, 1.54) is 4.57 Å². The number of hydrogen-bond donors (Lipinski definition) is 2. The normalized spacial score (nSPS) is 12.7. The van der Waals surface area contributed by atoms with Crippen LogP contribution in [0.3, 0.4) is 0 Å². The van der Waals surface area contributed by atoms with Crippen molar-refractivity contribution in [2.24, 2.45) is 13.0 Å². The molecule has 4 aromatic rings. The molecule has 0 aliphatic rings. The zero-order valence-corrected chi connectivity index (χ0v) is 16.1. The maximum Gasteiger partial charge on any atom is 0.329 e. The molecule has 7 heteroatoms. The molecule has 0 radical (unpaired) electrons. The van der Waals surface area contributed by atoms with E-state index in [4.69, 9.17) is 0 Å². The summed E-state index contributed by atoms with van der Waals surface area (Å²) in [4.78, 5) is 33.3. The number of rotatable bonds is 5. The van der Waals surface area contributed by atoms with Crippen LogP contribution >= 0.6 is 0 Å². The second kappa shape index (κ2) is 6.99.